The second-order valence-corrected chi connectivity index (χ2v) is 9.15. The van der Waals surface area contributed by atoms with Crippen molar-refractivity contribution in [3.63, 3.8) is 0 Å². The Balaban J connectivity index is 1.30. The van der Waals surface area contributed by atoms with Crippen LogP contribution in [0.4, 0.5) is 0 Å². The van der Waals surface area contributed by atoms with Gasteiger partial charge in [-0.15, -0.1) is 0 Å². The van der Waals surface area contributed by atoms with Gasteiger partial charge in [0.15, 0.2) is 0 Å². The van der Waals surface area contributed by atoms with Gasteiger partial charge in [-0.2, -0.15) is 0 Å². The third kappa shape index (κ3) is 4.13. The second-order valence-electron chi connectivity index (χ2n) is 9.15. The number of amides is 4. The SMILES string of the molecule is CCCN1C(=O)c2ccc3c4c(ccc(c24)C1=O)C(=O)N(CCNCCCN1CCOCC1)C3=O. The van der Waals surface area contributed by atoms with Gasteiger partial charge in [0.2, 0.25) is 0 Å². The molecule has 2 aromatic carbocycles. The van der Waals surface area contributed by atoms with E-state index in [0.29, 0.717) is 52.5 Å². The fourth-order valence-electron chi connectivity index (χ4n) is 5.17. The summed E-state index contributed by atoms with van der Waals surface area (Å²) < 4.78 is 5.36. The van der Waals surface area contributed by atoms with Crippen LogP contribution in [0.3, 0.4) is 0 Å². The summed E-state index contributed by atoms with van der Waals surface area (Å²) in [6.45, 7) is 8.24. The number of nitrogens with zero attached hydrogens (tertiary/aromatic N) is 3. The first-order valence-electron chi connectivity index (χ1n) is 12.4. The summed E-state index contributed by atoms with van der Waals surface area (Å²) in [4.78, 5) is 57.4. The largest absolute Gasteiger partial charge is 0.379 e. The van der Waals surface area contributed by atoms with Gasteiger partial charge >= 0.3 is 0 Å². The third-order valence-electron chi connectivity index (χ3n) is 6.95. The molecule has 4 amide bonds. The number of hydrogen-bond donors (Lipinski definition) is 1. The number of morpholine rings is 1. The fourth-order valence-corrected chi connectivity index (χ4v) is 5.17. The molecule has 0 aliphatic carbocycles. The maximum absolute atomic E-state index is 13.3. The fraction of sp³-hybridized carbons (Fsp3) is 0.462. The van der Waals surface area contributed by atoms with Gasteiger partial charge < -0.3 is 10.1 Å². The Labute approximate surface area is 204 Å². The van der Waals surface area contributed by atoms with E-state index in [4.69, 9.17) is 4.74 Å². The van der Waals surface area contributed by atoms with E-state index in [2.05, 4.69) is 10.2 Å². The van der Waals surface area contributed by atoms with Crippen molar-refractivity contribution in [1.82, 2.24) is 20.0 Å². The van der Waals surface area contributed by atoms with Gasteiger partial charge in [-0.25, -0.2) is 0 Å². The lowest BCUT2D eigenvalue weighted by atomic mass is 9.86. The minimum Gasteiger partial charge on any atom is -0.379 e. The van der Waals surface area contributed by atoms with Gasteiger partial charge in [-0.3, -0.25) is 33.9 Å². The average molecular weight is 479 g/mol. The zero-order valence-corrected chi connectivity index (χ0v) is 20.0. The highest BCUT2D eigenvalue weighted by molar-refractivity contribution is 6.33. The minimum atomic E-state index is -0.391. The molecular weight excluding hydrogens is 448 g/mol. The Morgan fingerprint density at radius 3 is 1.69 bits per heavy atom. The van der Waals surface area contributed by atoms with Crippen molar-refractivity contribution in [3.8, 4) is 0 Å². The van der Waals surface area contributed by atoms with Gasteiger partial charge in [0, 0.05) is 65.8 Å². The van der Waals surface area contributed by atoms with Crippen LogP contribution < -0.4 is 5.32 Å². The van der Waals surface area contributed by atoms with Crippen LogP contribution in [0.25, 0.3) is 10.8 Å². The van der Waals surface area contributed by atoms with E-state index in [1.165, 1.54) is 9.80 Å². The van der Waals surface area contributed by atoms with Crippen LogP contribution in [0.2, 0.25) is 0 Å². The number of ether oxygens (including phenoxy) is 1. The number of hydrogen-bond acceptors (Lipinski definition) is 7. The molecule has 3 heterocycles. The number of rotatable bonds is 9. The van der Waals surface area contributed by atoms with Gasteiger partial charge in [-0.05, 0) is 50.2 Å². The second kappa shape index (κ2) is 9.85. The predicted octanol–water partition coefficient (Wildman–Crippen LogP) is 1.75. The summed E-state index contributed by atoms with van der Waals surface area (Å²) in [6.07, 6.45) is 1.63. The Morgan fingerprint density at radius 1 is 0.714 bits per heavy atom. The Hall–Kier alpha value is -3.14. The quantitative estimate of drug-likeness (QED) is 0.433. The number of imide groups is 2. The van der Waals surface area contributed by atoms with Gasteiger partial charge in [-0.1, -0.05) is 6.92 Å². The number of benzene rings is 2. The van der Waals surface area contributed by atoms with Crippen molar-refractivity contribution in [2.24, 2.45) is 0 Å². The molecule has 0 aromatic heterocycles. The van der Waals surface area contributed by atoms with Crippen molar-refractivity contribution in [2.75, 3.05) is 59.0 Å². The minimum absolute atomic E-state index is 0.252. The van der Waals surface area contributed by atoms with E-state index >= 15 is 0 Å². The van der Waals surface area contributed by atoms with E-state index in [9.17, 15) is 19.2 Å². The number of carbonyl (C=O) groups excluding carboxylic acids is 4. The molecule has 1 N–H and O–H groups in total. The monoisotopic (exact) mass is 478 g/mol. The summed E-state index contributed by atoms with van der Waals surface area (Å²) in [6, 6.07) is 6.44. The van der Waals surface area contributed by atoms with E-state index in [-0.39, 0.29) is 18.4 Å². The van der Waals surface area contributed by atoms with Crippen molar-refractivity contribution in [2.45, 2.75) is 19.8 Å². The summed E-state index contributed by atoms with van der Waals surface area (Å²) in [5.41, 5.74) is 1.45. The lowest BCUT2D eigenvalue weighted by Crippen LogP contribution is -2.45. The zero-order valence-electron chi connectivity index (χ0n) is 20.0. The summed E-state index contributed by atoms with van der Waals surface area (Å²) in [5, 5.41) is 4.17. The molecule has 9 heteroatoms. The molecule has 1 saturated heterocycles. The highest BCUT2D eigenvalue weighted by Gasteiger charge is 2.39. The van der Waals surface area contributed by atoms with Crippen molar-refractivity contribution >= 4 is 34.4 Å². The molecule has 0 atom stereocenters. The van der Waals surface area contributed by atoms with Crippen LogP contribution in [0.15, 0.2) is 24.3 Å². The standard InChI is InChI=1S/C26H30N4O5/c1-2-10-29-23(31)17-4-6-19-22-20(7-5-18(21(17)22)24(29)32)26(34)30(25(19)33)12-9-27-8-3-11-28-13-15-35-16-14-28/h4-7,27H,2-3,8-16H2,1H3. The Bertz CT molecular complexity index is 1130. The smallest absolute Gasteiger partial charge is 0.261 e. The normalized spacial score (nSPS) is 18.2. The molecule has 3 aliphatic rings. The van der Waals surface area contributed by atoms with Crippen LogP contribution in [0.5, 0.6) is 0 Å². The van der Waals surface area contributed by atoms with Gasteiger partial charge in [0.05, 0.1) is 13.2 Å². The summed E-state index contributed by atoms with van der Waals surface area (Å²) in [7, 11) is 0. The van der Waals surface area contributed by atoms with Crippen LogP contribution in [-0.2, 0) is 4.74 Å². The van der Waals surface area contributed by atoms with Crippen LogP contribution in [0.1, 0.15) is 61.2 Å². The number of nitrogens with one attached hydrogen (secondary N) is 1. The van der Waals surface area contributed by atoms with Gasteiger partial charge in [0.25, 0.3) is 23.6 Å². The van der Waals surface area contributed by atoms with E-state index in [1.807, 2.05) is 6.92 Å². The van der Waals surface area contributed by atoms with Crippen LogP contribution in [0, 0.1) is 0 Å². The molecule has 1 fully saturated rings. The van der Waals surface area contributed by atoms with Gasteiger partial charge in [0.1, 0.15) is 0 Å². The maximum atomic E-state index is 13.3. The van der Waals surface area contributed by atoms with E-state index in [0.717, 1.165) is 45.8 Å². The molecule has 0 unspecified atom stereocenters. The molecular formula is C26H30N4O5. The molecule has 184 valence electrons. The third-order valence-corrected chi connectivity index (χ3v) is 6.95. The molecule has 0 bridgehead atoms. The summed E-state index contributed by atoms with van der Waals surface area (Å²) >= 11 is 0. The lowest BCUT2D eigenvalue weighted by molar-refractivity contribution is 0.0374. The Kier molecular flexibility index (Phi) is 6.64. The zero-order chi connectivity index (χ0) is 24.5. The first kappa shape index (κ1) is 23.6. The topological polar surface area (TPSA) is 99.3 Å². The van der Waals surface area contributed by atoms with Crippen molar-refractivity contribution in [1.29, 1.82) is 0 Å². The molecule has 5 rings (SSSR count). The summed E-state index contributed by atoms with van der Waals surface area (Å²) in [5.74, 6) is -1.54. The molecule has 3 aliphatic heterocycles. The van der Waals surface area contributed by atoms with E-state index < -0.39 is 11.8 Å². The van der Waals surface area contributed by atoms with Crippen molar-refractivity contribution < 1.29 is 23.9 Å². The highest BCUT2D eigenvalue weighted by Crippen LogP contribution is 2.37. The molecule has 0 spiro atoms. The van der Waals surface area contributed by atoms with E-state index in [1.54, 1.807) is 24.3 Å². The first-order valence-corrected chi connectivity index (χ1v) is 12.4. The molecule has 0 saturated carbocycles. The Morgan fingerprint density at radius 2 is 1.20 bits per heavy atom. The van der Waals surface area contributed by atoms with Crippen molar-refractivity contribution in [3.05, 3.63) is 46.5 Å². The highest BCUT2D eigenvalue weighted by atomic mass is 16.5. The molecule has 35 heavy (non-hydrogen) atoms. The molecule has 0 radical (unpaired) electrons. The van der Waals surface area contributed by atoms with Crippen LogP contribution in [-0.4, -0.2) is 97.4 Å². The predicted molar refractivity (Wildman–Crippen MR) is 130 cm³/mol. The molecule has 9 nitrogen and oxygen atoms in total. The first-order chi connectivity index (χ1) is 17.0. The lowest BCUT2D eigenvalue weighted by Gasteiger charge is -2.32. The van der Waals surface area contributed by atoms with Crippen LogP contribution >= 0.6 is 0 Å². The number of carbonyl (C=O) groups is 4. The average Bonchev–Trinajstić information content (AvgIpc) is 2.88. The molecule has 2 aromatic rings. The maximum Gasteiger partial charge on any atom is 0.261 e.